The number of aliphatic hydroxyl groups excluding tert-OH is 1. The molecular formula is C15H19NO3. The van der Waals surface area contributed by atoms with Crippen LogP contribution in [0.2, 0.25) is 0 Å². The summed E-state index contributed by atoms with van der Waals surface area (Å²) in [6.45, 7) is 6.45. The first-order valence-electron chi connectivity index (χ1n) is 6.48. The topological polar surface area (TPSA) is 57.6 Å². The van der Waals surface area contributed by atoms with Gasteiger partial charge in [-0.1, -0.05) is 26.8 Å². The first-order chi connectivity index (χ1) is 8.86. The smallest absolute Gasteiger partial charge is 0.261 e. The molecule has 4 heteroatoms. The molecule has 1 aromatic carbocycles. The maximum Gasteiger partial charge on any atom is 0.261 e. The van der Waals surface area contributed by atoms with Crippen LogP contribution in [0.5, 0.6) is 0 Å². The number of fused-ring (bicyclic) bond motifs is 1. The molecule has 4 nitrogen and oxygen atoms in total. The molecule has 2 amide bonds. The molecule has 0 aliphatic carbocycles. The van der Waals surface area contributed by atoms with Gasteiger partial charge < -0.3 is 5.11 Å². The summed E-state index contributed by atoms with van der Waals surface area (Å²) in [4.78, 5) is 25.5. The maximum atomic E-state index is 12.2. The summed E-state index contributed by atoms with van der Waals surface area (Å²) >= 11 is 0. The molecule has 0 atom stereocenters. The van der Waals surface area contributed by atoms with Crippen LogP contribution in [-0.4, -0.2) is 35.0 Å². The van der Waals surface area contributed by atoms with E-state index >= 15 is 0 Å². The molecular weight excluding hydrogens is 242 g/mol. The average molecular weight is 261 g/mol. The number of nitrogens with zero attached hydrogens (tertiary/aromatic N) is 1. The SMILES string of the molecule is CC(C)(C)c1ccc2c(c1)C(=O)N(CCCO)C2=O. The fraction of sp³-hybridized carbons (Fsp3) is 0.467. The normalized spacial score (nSPS) is 15.1. The van der Waals surface area contributed by atoms with Gasteiger partial charge in [0.15, 0.2) is 0 Å². The standard InChI is InChI=1S/C15H19NO3/c1-15(2,3)10-5-6-11-12(9-10)14(19)16(13(11)18)7-4-8-17/h5-6,9,17H,4,7-8H2,1-3H3. The summed E-state index contributed by atoms with van der Waals surface area (Å²) in [5.74, 6) is -0.506. The molecule has 0 unspecified atom stereocenters. The van der Waals surface area contributed by atoms with Gasteiger partial charge in [-0.25, -0.2) is 0 Å². The molecule has 0 saturated heterocycles. The second kappa shape index (κ2) is 4.78. The highest BCUT2D eigenvalue weighted by Crippen LogP contribution is 2.29. The fourth-order valence-corrected chi connectivity index (χ4v) is 2.19. The minimum absolute atomic E-state index is 0.0271. The Hall–Kier alpha value is -1.68. The van der Waals surface area contributed by atoms with Crippen molar-refractivity contribution >= 4 is 11.8 Å². The number of carbonyl (C=O) groups excluding carboxylic acids is 2. The molecule has 0 radical (unpaired) electrons. The van der Waals surface area contributed by atoms with Gasteiger partial charge in [-0.2, -0.15) is 0 Å². The largest absolute Gasteiger partial charge is 0.396 e. The lowest BCUT2D eigenvalue weighted by Crippen LogP contribution is -2.31. The second-order valence-corrected chi connectivity index (χ2v) is 5.85. The summed E-state index contributed by atoms with van der Waals surface area (Å²) in [7, 11) is 0. The van der Waals surface area contributed by atoms with Crippen LogP contribution in [0, 0.1) is 0 Å². The average Bonchev–Trinajstić information content (AvgIpc) is 2.59. The van der Waals surface area contributed by atoms with Crippen molar-refractivity contribution in [2.75, 3.05) is 13.2 Å². The van der Waals surface area contributed by atoms with Gasteiger partial charge in [0.05, 0.1) is 11.1 Å². The number of carbonyl (C=O) groups is 2. The van der Waals surface area contributed by atoms with E-state index in [1.165, 1.54) is 4.90 Å². The second-order valence-electron chi connectivity index (χ2n) is 5.85. The third kappa shape index (κ3) is 2.40. The Morgan fingerprint density at radius 2 is 1.74 bits per heavy atom. The molecule has 1 aromatic rings. The number of hydrogen-bond acceptors (Lipinski definition) is 3. The minimum atomic E-state index is -0.256. The van der Waals surface area contributed by atoms with E-state index in [4.69, 9.17) is 5.11 Å². The van der Waals surface area contributed by atoms with Crippen LogP contribution >= 0.6 is 0 Å². The van der Waals surface area contributed by atoms with Crippen molar-refractivity contribution in [1.82, 2.24) is 4.90 Å². The van der Waals surface area contributed by atoms with Crippen molar-refractivity contribution in [3.8, 4) is 0 Å². The van der Waals surface area contributed by atoms with Gasteiger partial charge in [0.2, 0.25) is 0 Å². The number of hydrogen-bond donors (Lipinski definition) is 1. The molecule has 102 valence electrons. The Bertz CT molecular complexity index is 529. The number of rotatable bonds is 3. The first-order valence-corrected chi connectivity index (χ1v) is 6.48. The monoisotopic (exact) mass is 261 g/mol. The molecule has 0 saturated carbocycles. The van der Waals surface area contributed by atoms with E-state index in [0.717, 1.165) is 5.56 Å². The van der Waals surface area contributed by atoms with Crippen LogP contribution in [-0.2, 0) is 5.41 Å². The first kappa shape index (κ1) is 13.7. The number of amides is 2. The fourth-order valence-electron chi connectivity index (χ4n) is 2.19. The zero-order valence-corrected chi connectivity index (χ0v) is 11.6. The number of aliphatic hydroxyl groups is 1. The van der Waals surface area contributed by atoms with Crippen molar-refractivity contribution in [3.63, 3.8) is 0 Å². The van der Waals surface area contributed by atoms with E-state index in [-0.39, 0.29) is 30.4 Å². The molecule has 1 N–H and O–H groups in total. The molecule has 19 heavy (non-hydrogen) atoms. The highest BCUT2D eigenvalue weighted by Gasteiger charge is 2.35. The van der Waals surface area contributed by atoms with E-state index in [9.17, 15) is 9.59 Å². The van der Waals surface area contributed by atoms with Crippen LogP contribution in [0.4, 0.5) is 0 Å². The quantitative estimate of drug-likeness (QED) is 0.846. The summed E-state index contributed by atoms with van der Waals surface area (Å²) in [6.07, 6.45) is 0.414. The molecule has 1 aliphatic rings. The van der Waals surface area contributed by atoms with E-state index in [0.29, 0.717) is 17.5 Å². The summed E-state index contributed by atoms with van der Waals surface area (Å²) in [5, 5.41) is 8.82. The number of benzene rings is 1. The van der Waals surface area contributed by atoms with E-state index in [1.807, 2.05) is 12.1 Å². The van der Waals surface area contributed by atoms with Gasteiger partial charge in [-0.3, -0.25) is 14.5 Å². The van der Waals surface area contributed by atoms with Crippen LogP contribution in [0.1, 0.15) is 53.5 Å². The Kier molecular flexibility index (Phi) is 3.45. The van der Waals surface area contributed by atoms with Crippen LogP contribution in [0.15, 0.2) is 18.2 Å². The van der Waals surface area contributed by atoms with Crippen molar-refractivity contribution in [3.05, 3.63) is 34.9 Å². The van der Waals surface area contributed by atoms with Crippen LogP contribution in [0.3, 0.4) is 0 Å². The third-order valence-electron chi connectivity index (χ3n) is 3.38. The van der Waals surface area contributed by atoms with Gasteiger partial charge in [-0.05, 0) is 29.5 Å². The zero-order chi connectivity index (χ0) is 14.2. The Labute approximate surface area is 113 Å². The van der Waals surface area contributed by atoms with E-state index in [2.05, 4.69) is 20.8 Å². The van der Waals surface area contributed by atoms with E-state index < -0.39 is 0 Å². The molecule has 0 fully saturated rings. The lowest BCUT2D eigenvalue weighted by Gasteiger charge is -2.19. The molecule has 0 aromatic heterocycles. The predicted molar refractivity (Wildman–Crippen MR) is 72.2 cm³/mol. The zero-order valence-electron chi connectivity index (χ0n) is 11.6. The molecule has 0 bridgehead atoms. The molecule has 0 spiro atoms. The molecule has 2 rings (SSSR count). The summed E-state index contributed by atoms with van der Waals surface area (Å²) in [5.41, 5.74) is 1.93. The Morgan fingerprint density at radius 3 is 2.32 bits per heavy atom. The molecule has 1 heterocycles. The van der Waals surface area contributed by atoms with Gasteiger partial charge in [-0.15, -0.1) is 0 Å². The van der Waals surface area contributed by atoms with Gasteiger partial charge in [0.25, 0.3) is 11.8 Å². The van der Waals surface area contributed by atoms with Crippen molar-refractivity contribution in [1.29, 1.82) is 0 Å². The Balaban J connectivity index is 2.37. The summed E-state index contributed by atoms with van der Waals surface area (Å²) < 4.78 is 0. The van der Waals surface area contributed by atoms with Crippen LogP contribution in [0.25, 0.3) is 0 Å². The van der Waals surface area contributed by atoms with Crippen LogP contribution < -0.4 is 0 Å². The Morgan fingerprint density at radius 1 is 1.11 bits per heavy atom. The van der Waals surface area contributed by atoms with E-state index in [1.54, 1.807) is 6.07 Å². The molecule has 1 aliphatic heterocycles. The van der Waals surface area contributed by atoms with Gasteiger partial charge in [0.1, 0.15) is 0 Å². The maximum absolute atomic E-state index is 12.2. The lowest BCUT2D eigenvalue weighted by atomic mass is 9.85. The minimum Gasteiger partial charge on any atom is -0.396 e. The van der Waals surface area contributed by atoms with Crippen molar-refractivity contribution < 1.29 is 14.7 Å². The van der Waals surface area contributed by atoms with Gasteiger partial charge >= 0.3 is 0 Å². The van der Waals surface area contributed by atoms with Crippen molar-refractivity contribution in [2.24, 2.45) is 0 Å². The third-order valence-corrected chi connectivity index (χ3v) is 3.38. The number of imide groups is 1. The highest BCUT2D eigenvalue weighted by atomic mass is 16.3. The highest BCUT2D eigenvalue weighted by molar-refractivity contribution is 6.21. The lowest BCUT2D eigenvalue weighted by molar-refractivity contribution is 0.0645. The van der Waals surface area contributed by atoms with Gasteiger partial charge in [0, 0.05) is 13.2 Å². The predicted octanol–water partition coefficient (Wildman–Crippen LogP) is 1.96. The van der Waals surface area contributed by atoms with Crippen molar-refractivity contribution in [2.45, 2.75) is 32.6 Å². The summed E-state index contributed by atoms with van der Waals surface area (Å²) in [6, 6.07) is 5.45.